The summed E-state index contributed by atoms with van der Waals surface area (Å²) in [6, 6.07) is 41.8. The maximum absolute atomic E-state index is 4.94. The molecule has 0 aliphatic carbocycles. The zero-order chi connectivity index (χ0) is 39.0. The fourth-order valence-corrected chi connectivity index (χ4v) is 5.31. The molecule has 6 rings (SSSR count). The number of aliphatic imine (C=N–C) groups is 2. The van der Waals surface area contributed by atoms with Crippen molar-refractivity contribution in [1.82, 2.24) is 0 Å². The first kappa shape index (κ1) is 48.0. The van der Waals surface area contributed by atoms with Gasteiger partial charge in [0.25, 0.3) is 0 Å². The molecule has 4 aromatic rings. The van der Waals surface area contributed by atoms with Crippen LogP contribution in [-0.2, 0) is 9.47 Å². The molecule has 0 aromatic heterocycles. The zero-order valence-electron chi connectivity index (χ0n) is 34.7. The largest absolute Gasteiger partial charge is 2.00 e. The molecule has 2 fully saturated rings. The van der Waals surface area contributed by atoms with Crippen LogP contribution in [0.5, 0.6) is 0 Å². The Bertz CT molecular complexity index is 1360. The first-order chi connectivity index (χ1) is 26.2. The van der Waals surface area contributed by atoms with E-state index in [1.165, 1.54) is 25.7 Å². The summed E-state index contributed by atoms with van der Waals surface area (Å²) in [6.07, 6.45) is 5.11. The molecule has 2 aliphatic heterocycles. The van der Waals surface area contributed by atoms with Gasteiger partial charge in [0.05, 0.1) is 0 Å². The van der Waals surface area contributed by atoms with Crippen molar-refractivity contribution < 1.29 is 9.47 Å². The molecule has 4 aromatic carbocycles. The van der Waals surface area contributed by atoms with E-state index in [1.54, 1.807) is 0 Å². The van der Waals surface area contributed by atoms with Crippen LogP contribution in [0.15, 0.2) is 131 Å². The standard InChI is InChI=1S/2C19H24N3.2C4H8O.Sr/c2*1-15(2)20-19(21-16(3)4)22(17-11-7-5-8-12-17)18-13-9-6-10-14-18;2*1-2-4-5-3-1;/h2*5-16H,1-4H3;2*1-4H2;/q2*-1;;;+2. The molecule has 55 heavy (non-hydrogen) atoms. The molecule has 9 heteroatoms. The summed E-state index contributed by atoms with van der Waals surface area (Å²) >= 11 is 0. The quantitative estimate of drug-likeness (QED) is 0.101. The summed E-state index contributed by atoms with van der Waals surface area (Å²) in [5.41, 5.74) is 4.27. The van der Waals surface area contributed by atoms with Crippen molar-refractivity contribution in [1.29, 1.82) is 0 Å². The molecule has 0 radical (unpaired) electrons. The summed E-state index contributed by atoms with van der Waals surface area (Å²) in [6.45, 7) is 20.6. The third-order valence-corrected chi connectivity index (χ3v) is 7.61. The summed E-state index contributed by atoms with van der Waals surface area (Å²) in [5.74, 6) is 1.50. The van der Waals surface area contributed by atoms with Crippen molar-refractivity contribution in [2.45, 2.75) is 105 Å². The zero-order valence-corrected chi connectivity index (χ0v) is 38.2. The Kier molecular flexibility index (Phi) is 24.6. The second-order valence-electron chi connectivity index (χ2n) is 14.1. The van der Waals surface area contributed by atoms with Crippen LogP contribution < -0.4 is 9.80 Å². The molecule has 0 saturated carbocycles. The van der Waals surface area contributed by atoms with E-state index in [2.05, 4.69) is 114 Å². The molecular formula is C46H64N6O2Sr. The van der Waals surface area contributed by atoms with Crippen molar-refractivity contribution in [3.05, 3.63) is 132 Å². The maximum Gasteiger partial charge on any atom is 2.00 e. The average Bonchev–Trinajstić information content (AvgIpc) is 3.94. The van der Waals surface area contributed by atoms with Crippen molar-refractivity contribution in [2.24, 2.45) is 9.98 Å². The van der Waals surface area contributed by atoms with Crippen LogP contribution in [0.25, 0.3) is 10.6 Å². The van der Waals surface area contributed by atoms with Crippen molar-refractivity contribution >= 4 is 80.2 Å². The first-order valence-corrected chi connectivity index (χ1v) is 19.7. The number of anilines is 4. The van der Waals surface area contributed by atoms with Crippen LogP contribution in [0, 0.1) is 0 Å². The predicted octanol–water partition coefficient (Wildman–Crippen LogP) is 12.0. The van der Waals surface area contributed by atoms with Gasteiger partial charge in [0.15, 0.2) is 0 Å². The number of guanidine groups is 2. The number of rotatable bonds is 8. The topological polar surface area (TPSA) is 77.9 Å². The minimum atomic E-state index is 0. The second kappa shape index (κ2) is 28.3. The summed E-state index contributed by atoms with van der Waals surface area (Å²) < 4.78 is 9.89. The second-order valence-corrected chi connectivity index (χ2v) is 14.1. The fourth-order valence-electron chi connectivity index (χ4n) is 5.31. The molecule has 0 amide bonds. The van der Waals surface area contributed by atoms with Gasteiger partial charge in [-0.1, -0.05) is 177 Å². The van der Waals surface area contributed by atoms with Crippen molar-refractivity contribution in [3.8, 4) is 0 Å². The van der Waals surface area contributed by atoms with Crippen molar-refractivity contribution in [3.63, 3.8) is 0 Å². The minimum absolute atomic E-state index is 0. The van der Waals surface area contributed by atoms with Gasteiger partial charge in [0.1, 0.15) is 0 Å². The monoisotopic (exact) mass is 820 g/mol. The van der Waals surface area contributed by atoms with Crippen LogP contribution in [0.4, 0.5) is 22.7 Å². The van der Waals surface area contributed by atoms with Crippen LogP contribution in [0.1, 0.15) is 81.1 Å². The molecule has 0 N–H and O–H groups in total. The smallest absolute Gasteiger partial charge is 0.391 e. The van der Waals surface area contributed by atoms with E-state index < -0.39 is 0 Å². The van der Waals surface area contributed by atoms with Crippen LogP contribution in [-0.4, -0.2) is 108 Å². The van der Waals surface area contributed by atoms with Gasteiger partial charge >= 0.3 is 45.5 Å². The van der Waals surface area contributed by atoms with E-state index in [4.69, 9.17) is 30.1 Å². The molecule has 2 saturated heterocycles. The Labute approximate surface area is 370 Å². The summed E-state index contributed by atoms with van der Waals surface area (Å²) in [4.78, 5) is 13.7. The molecule has 0 unspecified atom stereocenters. The molecule has 2 heterocycles. The number of hydrogen-bond donors (Lipinski definition) is 0. The van der Waals surface area contributed by atoms with Gasteiger partial charge in [-0.3, -0.25) is 0 Å². The number of para-hydroxylation sites is 4. The molecule has 0 spiro atoms. The molecule has 2 aliphatic rings. The van der Waals surface area contributed by atoms with Gasteiger partial charge in [-0.05, 0) is 72.6 Å². The third-order valence-electron chi connectivity index (χ3n) is 7.61. The van der Waals surface area contributed by atoms with Gasteiger partial charge in [0, 0.05) is 38.3 Å². The molecule has 0 atom stereocenters. The average molecular weight is 821 g/mol. The summed E-state index contributed by atoms with van der Waals surface area (Å²) in [5, 5.41) is 9.49. The number of benzene rings is 4. The van der Waals surface area contributed by atoms with E-state index in [1.807, 2.05) is 72.8 Å². The predicted molar refractivity (Wildman–Crippen MR) is 238 cm³/mol. The Balaban J connectivity index is 0.000000298. The number of ether oxygens (including phenoxy) is 2. The maximum atomic E-state index is 4.94. The summed E-state index contributed by atoms with van der Waals surface area (Å²) in [7, 11) is 0. The van der Waals surface area contributed by atoms with E-state index in [-0.39, 0.29) is 69.6 Å². The van der Waals surface area contributed by atoms with E-state index >= 15 is 0 Å². The Hall–Kier alpha value is -3.18. The van der Waals surface area contributed by atoms with Gasteiger partial charge in [-0.2, -0.15) is 0 Å². The molecular weight excluding hydrogens is 756 g/mol. The van der Waals surface area contributed by atoms with Gasteiger partial charge in [-0.15, -0.1) is 0 Å². The molecule has 0 bridgehead atoms. The Morgan fingerprint density at radius 3 is 0.836 bits per heavy atom. The minimum Gasteiger partial charge on any atom is -0.391 e. The van der Waals surface area contributed by atoms with Crippen LogP contribution in [0.3, 0.4) is 0 Å². The normalized spacial score (nSPS) is 13.8. The number of hydrogen-bond acceptors (Lipinski definition) is 4. The van der Waals surface area contributed by atoms with E-state index in [0.29, 0.717) is 0 Å². The van der Waals surface area contributed by atoms with Gasteiger partial charge in [0.2, 0.25) is 0 Å². The third kappa shape index (κ3) is 19.5. The Morgan fingerprint density at radius 2 is 0.673 bits per heavy atom. The van der Waals surface area contributed by atoms with Gasteiger partial charge < -0.3 is 39.9 Å². The first-order valence-electron chi connectivity index (χ1n) is 19.7. The van der Waals surface area contributed by atoms with Crippen molar-refractivity contribution in [2.75, 3.05) is 36.2 Å². The van der Waals surface area contributed by atoms with Crippen LogP contribution in [0.2, 0.25) is 0 Å². The molecule has 292 valence electrons. The SMILES string of the molecule is C1CCOC1.C1CCOC1.CC(C)N=C([N-]C(C)C)N(c1ccccc1)c1ccccc1.CC(C)N=C([N-]C(C)C)N(c1ccccc1)c1ccccc1.[Sr+2]. The van der Waals surface area contributed by atoms with E-state index in [0.717, 1.165) is 61.1 Å². The molecule has 8 nitrogen and oxygen atoms in total. The van der Waals surface area contributed by atoms with Crippen LogP contribution >= 0.6 is 0 Å². The fraction of sp³-hybridized carbons (Fsp3) is 0.435. The number of nitrogens with zero attached hydrogens (tertiary/aromatic N) is 6. The van der Waals surface area contributed by atoms with Gasteiger partial charge in [-0.25, -0.2) is 0 Å². The van der Waals surface area contributed by atoms with E-state index in [9.17, 15) is 0 Å². The Morgan fingerprint density at radius 1 is 0.436 bits per heavy atom.